The first-order valence-electron chi connectivity index (χ1n) is 40.6. The van der Waals surface area contributed by atoms with Crippen LogP contribution in [0.15, 0.2) is 312 Å². The largest absolute Gasteiger partial charge is 1.00 e. The molecule has 0 radical (unpaired) electrons. The summed E-state index contributed by atoms with van der Waals surface area (Å²) in [6.45, 7) is 16.6. The van der Waals surface area contributed by atoms with Crippen LogP contribution in [0.2, 0.25) is 0 Å². The van der Waals surface area contributed by atoms with E-state index >= 15 is 0 Å². The minimum Gasteiger partial charge on any atom is -1.00 e. The number of alkyl halides is 1. The van der Waals surface area contributed by atoms with E-state index in [-0.39, 0.29) is 59.9 Å². The van der Waals surface area contributed by atoms with Crippen molar-refractivity contribution in [2.24, 2.45) is 0 Å². The van der Waals surface area contributed by atoms with Crippen molar-refractivity contribution in [3.63, 3.8) is 0 Å². The Hall–Kier alpha value is -11.9. The van der Waals surface area contributed by atoms with Gasteiger partial charge in [-0.15, -0.1) is 0 Å². The van der Waals surface area contributed by atoms with Gasteiger partial charge in [0.2, 0.25) is 0 Å². The third kappa shape index (κ3) is 20.2. The van der Waals surface area contributed by atoms with Gasteiger partial charge in [-0.3, -0.25) is 0 Å². The van der Waals surface area contributed by atoms with Crippen LogP contribution in [0, 0.1) is 93.9 Å². The molecule has 0 saturated carbocycles. The van der Waals surface area contributed by atoms with Crippen molar-refractivity contribution in [2.75, 3.05) is 0 Å². The third-order valence-corrected chi connectivity index (χ3v) is 24.2. The molecule has 21 heteroatoms. The van der Waals surface area contributed by atoms with Crippen molar-refractivity contribution >= 4 is 176 Å². The number of aromatic carboxylic acids is 2. The number of carbonyl (C=O) groups is 2. The van der Waals surface area contributed by atoms with Crippen LogP contribution in [-0.4, -0.2) is 61.5 Å². The number of fused-ring (bicyclic) bond motifs is 8. The zero-order valence-electron chi connectivity index (χ0n) is 72.2. The van der Waals surface area contributed by atoms with Crippen LogP contribution in [-0.2, 0) is 0 Å². The second-order valence-corrected chi connectivity index (χ2v) is 34.7. The van der Waals surface area contributed by atoms with Gasteiger partial charge in [-0.25, -0.2) is 49.1 Å². The maximum Gasteiger partial charge on any atom is 1.00 e. The molecular weight excluding hydrogens is 1860 g/mol. The fraction of sp³-hybridized carbons (Fsp3) is 0.0826. The van der Waals surface area contributed by atoms with Gasteiger partial charge in [-0.2, -0.15) is 0 Å². The molecule has 0 atom stereocenters. The SMILES string of the molecule is CC(C)Br.Cc1c(-c2cc(F)c(F)c(F)c2)cc2ccccc2c1-c1c(C)c(-c2cc(F)c(F)c(F)c2)cc2ccccc12.Cc1c(Br)cc2ccccc2c1-c1c(C)c(Br)cc2ccccc12.Cc1ccc2ccccc2c1-c1c(C)ccc2ccccc12.O=C(O)c1ccc2ccccc2c1-c1c(C(=O)O)ccc2ccccc12.OB(O)c1cc(F)c(F)c(F)c1.[AlH3].[H-].[Li+]. The summed E-state index contributed by atoms with van der Waals surface area (Å²) in [5, 5.41) is 53.2. The van der Waals surface area contributed by atoms with Gasteiger partial charge in [0, 0.05) is 24.9 Å². The number of benzene rings is 19. The Morgan fingerprint density at radius 1 is 0.300 bits per heavy atom. The summed E-state index contributed by atoms with van der Waals surface area (Å²) in [5.41, 5.74) is 15.4. The Kier molecular flexibility index (Phi) is 31.3. The number of aryl methyl sites for hydroxylation is 2. The number of rotatable bonds is 9. The normalized spacial score (nSPS) is 10.9. The Morgan fingerprint density at radius 3 is 0.777 bits per heavy atom. The van der Waals surface area contributed by atoms with Crippen molar-refractivity contribution in [3.8, 4) is 66.8 Å². The second-order valence-electron chi connectivity index (χ2n) is 31.1. The van der Waals surface area contributed by atoms with E-state index in [0.717, 1.165) is 76.7 Å². The molecule has 0 unspecified atom stereocenters. The minimum atomic E-state index is -2.00. The van der Waals surface area contributed by atoms with Gasteiger partial charge in [0.15, 0.2) is 69.7 Å². The quantitative estimate of drug-likeness (QED) is 0.0495. The van der Waals surface area contributed by atoms with E-state index in [2.05, 4.69) is 223 Å². The molecule has 19 aromatic carbocycles. The average molecular weight is 1940 g/mol. The average Bonchev–Trinajstić information content (AvgIpc) is 0.731. The molecule has 6 nitrogen and oxygen atoms in total. The summed E-state index contributed by atoms with van der Waals surface area (Å²) >= 11 is 10.8. The van der Waals surface area contributed by atoms with Crippen LogP contribution in [0.5, 0.6) is 0 Å². The number of halogens is 12. The van der Waals surface area contributed by atoms with Crippen molar-refractivity contribution in [1.29, 1.82) is 0 Å². The first-order valence-corrected chi connectivity index (χ1v) is 43.1. The fourth-order valence-electron chi connectivity index (χ4n) is 16.6. The Balaban J connectivity index is 0.000000162. The molecule has 0 aromatic heterocycles. The minimum absolute atomic E-state index is 0. The molecule has 0 aliphatic carbocycles. The Morgan fingerprint density at radius 2 is 0.515 bits per heavy atom. The Bertz CT molecular complexity index is 7150. The number of carboxylic acid groups (broad SMARTS) is 2. The molecule has 0 bridgehead atoms. The summed E-state index contributed by atoms with van der Waals surface area (Å²) in [6.07, 6.45) is 0. The summed E-state index contributed by atoms with van der Waals surface area (Å²) in [7, 11) is -2.00. The van der Waals surface area contributed by atoms with E-state index < -0.39 is 76.9 Å². The van der Waals surface area contributed by atoms with E-state index in [1.165, 1.54) is 99.7 Å². The maximum atomic E-state index is 14.3. The van der Waals surface area contributed by atoms with Gasteiger partial charge in [0.05, 0.1) is 11.1 Å². The molecule has 0 aliphatic heterocycles. The smallest absolute Gasteiger partial charge is 1.00 e. The zero-order chi connectivity index (χ0) is 91.4. The zero-order valence-corrected chi connectivity index (χ0v) is 75.9. The standard InChI is InChI=1S/C34H20F6.C22H16Br2.C22H14O4.C22H18.C6H4BF3O2.C3H7Br.Al.Li.4H/c1-17-25(21-13-27(35)33(39)28(36)14-21)11-19-7-3-5-9-23(19)31(17)32-18(2)26(12-20-8-4-6-10-24(20)32)22-15-29(37)34(40)30(38)16-22;1-13-19(23)11-15-7-3-5-9-17(15)21(13)22-14(2)20(24)12-16-8-4-6-10-18(16)22;23-21(24)17-11-9-13-5-1-3-7-15(13)19(17)20-16-8-4-2-6-14(16)10-12-18(20)22(25)26;1-15-11-13-17-7-3-5-9-19(17)21(15)22-16(2)12-14-18-8-4-6-10-20(18)22;8-4-1-3(7(11)12)2-5(9)6(4)10;1-3(2)4;;;;;;/h3-16H,1-2H3;3-12H,1-2H3;1-12H,(H,23,24)(H,25,26);3-14H,1-2H3;1-2,11-12H;3H,1-2H3;;;;;;/q;;;;;;;+1;;;;-1. The van der Waals surface area contributed by atoms with Gasteiger partial charge >= 0.3 is 37.9 Å². The van der Waals surface area contributed by atoms with E-state index in [9.17, 15) is 59.3 Å². The molecular formula is C109H83AlBBr3F9LiO6. The number of carboxylic acids is 2. The monoisotopic (exact) mass is 1940 g/mol. The van der Waals surface area contributed by atoms with Gasteiger partial charge in [0.25, 0.3) is 0 Å². The van der Waals surface area contributed by atoms with Gasteiger partial charge in [0.1, 0.15) is 0 Å². The molecule has 19 aromatic rings. The van der Waals surface area contributed by atoms with Crippen LogP contribution in [0.3, 0.4) is 0 Å². The van der Waals surface area contributed by atoms with Crippen molar-refractivity contribution < 1.29 is 89.7 Å². The second kappa shape index (κ2) is 41.9. The number of hydrogen-bond acceptors (Lipinski definition) is 4. The van der Waals surface area contributed by atoms with E-state index in [1.54, 1.807) is 24.3 Å². The van der Waals surface area contributed by atoms with Gasteiger partial charge in [-0.1, -0.05) is 292 Å². The first-order chi connectivity index (χ1) is 61.3. The molecule has 130 heavy (non-hydrogen) atoms. The molecule has 0 aliphatic rings. The van der Waals surface area contributed by atoms with Crippen LogP contribution in [0.4, 0.5) is 39.5 Å². The fourth-order valence-corrected chi connectivity index (χ4v) is 17.5. The molecule has 0 fully saturated rings. The molecule has 646 valence electrons. The predicted molar refractivity (Wildman–Crippen MR) is 527 cm³/mol. The Labute approximate surface area is 795 Å². The first kappa shape index (κ1) is 97.2. The van der Waals surface area contributed by atoms with E-state index in [4.69, 9.17) is 10.0 Å². The summed E-state index contributed by atoms with van der Waals surface area (Å²) in [4.78, 5) is 24.5. The molecule has 4 N–H and O–H groups in total. The van der Waals surface area contributed by atoms with Gasteiger partial charge < -0.3 is 21.7 Å². The molecule has 19 rings (SSSR count). The van der Waals surface area contributed by atoms with Crippen molar-refractivity contribution in [2.45, 2.75) is 60.2 Å². The third-order valence-electron chi connectivity index (χ3n) is 22.6. The molecule has 0 saturated heterocycles. The van der Waals surface area contributed by atoms with Crippen LogP contribution in [0.25, 0.3) is 153 Å². The van der Waals surface area contributed by atoms with Crippen molar-refractivity contribution in [1.82, 2.24) is 0 Å². The summed E-state index contributed by atoms with van der Waals surface area (Å²) < 4.78 is 124. The topological polar surface area (TPSA) is 115 Å². The van der Waals surface area contributed by atoms with Crippen LogP contribution < -0.4 is 24.3 Å². The predicted octanol–water partition coefficient (Wildman–Crippen LogP) is 27.1. The molecule has 0 heterocycles. The summed E-state index contributed by atoms with van der Waals surface area (Å²) in [6, 6.07) is 92.7. The van der Waals surface area contributed by atoms with E-state index in [1.807, 2.05) is 111 Å². The van der Waals surface area contributed by atoms with E-state index in [0.29, 0.717) is 61.1 Å². The van der Waals surface area contributed by atoms with Crippen LogP contribution in [0.1, 0.15) is 69.4 Å². The molecule has 0 spiro atoms. The maximum absolute atomic E-state index is 14.3. The number of hydrogen-bond donors (Lipinski definition) is 4. The van der Waals surface area contributed by atoms with Gasteiger partial charge in [-0.05, 0) is 295 Å². The van der Waals surface area contributed by atoms with Crippen molar-refractivity contribution in [3.05, 3.63) is 409 Å². The summed E-state index contributed by atoms with van der Waals surface area (Å²) in [5.74, 6) is -15.0. The van der Waals surface area contributed by atoms with Crippen LogP contribution >= 0.6 is 47.8 Å². The molecule has 0 amide bonds.